The lowest BCUT2D eigenvalue weighted by molar-refractivity contribution is 0.0342. The van der Waals surface area contributed by atoms with Crippen LogP contribution in [0.1, 0.15) is 40.4 Å². The molecule has 1 unspecified atom stereocenters. The van der Waals surface area contributed by atoms with Gasteiger partial charge in [0.25, 0.3) is 5.91 Å². The quantitative estimate of drug-likeness (QED) is 0.707. The third-order valence-corrected chi connectivity index (χ3v) is 6.23. The van der Waals surface area contributed by atoms with Crippen molar-refractivity contribution >= 4 is 5.91 Å². The van der Waals surface area contributed by atoms with Crippen LogP contribution in [0.2, 0.25) is 0 Å². The van der Waals surface area contributed by atoms with E-state index in [1.807, 2.05) is 36.4 Å². The standard InChI is InChI=1S/C25H33N3O3/c1-30-24-10-3-2-9-22(24)23(28-11-4-5-12-28)18-26-25(29)21-8-6-7-20(17-21)19-27-13-15-31-16-14-27/h2-3,6-10,17,23H,4-5,11-16,18-19H2,1H3,(H,26,29). The number of morpholine rings is 1. The van der Waals surface area contributed by atoms with Crippen LogP contribution in [0.3, 0.4) is 0 Å². The van der Waals surface area contributed by atoms with E-state index in [1.165, 1.54) is 12.8 Å². The minimum Gasteiger partial charge on any atom is -0.496 e. The molecular weight excluding hydrogens is 390 g/mol. The Labute approximate surface area is 185 Å². The first-order chi connectivity index (χ1) is 15.2. The Morgan fingerprint density at radius 1 is 1.06 bits per heavy atom. The second-order valence-corrected chi connectivity index (χ2v) is 8.30. The first-order valence-electron chi connectivity index (χ1n) is 11.3. The summed E-state index contributed by atoms with van der Waals surface area (Å²) in [5, 5.41) is 3.19. The second-order valence-electron chi connectivity index (χ2n) is 8.30. The maximum atomic E-state index is 13.0. The third-order valence-electron chi connectivity index (χ3n) is 6.23. The van der Waals surface area contributed by atoms with Gasteiger partial charge in [0.1, 0.15) is 5.75 Å². The van der Waals surface area contributed by atoms with E-state index in [2.05, 4.69) is 27.2 Å². The normalized spacial score (nSPS) is 18.6. The molecule has 2 aromatic carbocycles. The Hall–Kier alpha value is -2.41. The fourth-order valence-electron chi connectivity index (χ4n) is 4.55. The van der Waals surface area contributed by atoms with Gasteiger partial charge < -0.3 is 14.8 Å². The van der Waals surface area contributed by atoms with Crippen molar-refractivity contribution in [1.29, 1.82) is 0 Å². The predicted octanol–water partition coefficient (Wildman–Crippen LogP) is 3.09. The van der Waals surface area contributed by atoms with Crippen molar-refractivity contribution in [3.05, 3.63) is 65.2 Å². The van der Waals surface area contributed by atoms with Crippen LogP contribution in [-0.2, 0) is 11.3 Å². The molecular formula is C25H33N3O3. The number of likely N-dealkylation sites (tertiary alicyclic amines) is 1. The molecule has 2 fully saturated rings. The summed E-state index contributed by atoms with van der Waals surface area (Å²) in [4.78, 5) is 17.8. The molecule has 2 heterocycles. The van der Waals surface area contributed by atoms with Crippen molar-refractivity contribution in [2.24, 2.45) is 0 Å². The van der Waals surface area contributed by atoms with Gasteiger partial charge in [0.05, 0.1) is 26.4 Å². The fraction of sp³-hybridized carbons (Fsp3) is 0.480. The van der Waals surface area contributed by atoms with E-state index >= 15 is 0 Å². The Balaban J connectivity index is 1.43. The van der Waals surface area contributed by atoms with Gasteiger partial charge in [-0.1, -0.05) is 30.3 Å². The van der Waals surface area contributed by atoms with Crippen molar-refractivity contribution in [1.82, 2.24) is 15.1 Å². The van der Waals surface area contributed by atoms with Gasteiger partial charge in [0, 0.05) is 37.3 Å². The number of ether oxygens (including phenoxy) is 2. The highest BCUT2D eigenvalue weighted by molar-refractivity contribution is 5.94. The summed E-state index contributed by atoms with van der Waals surface area (Å²) in [6.07, 6.45) is 2.40. The van der Waals surface area contributed by atoms with Crippen molar-refractivity contribution in [2.75, 3.05) is 53.0 Å². The first-order valence-corrected chi connectivity index (χ1v) is 11.3. The van der Waals surface area contributed by atoms with E-state index in [1.54, 1.807) is 7.11 Å². The summed E-state index contributed by atoms with van der Waals surface area (Å²) in [7, 11) is 1.71. The average molecular weight is 424 g/mol. The molecule has 166 valence electrons. The lowest BCUT2D eigenvalue weighted by Gasteiger charge is -2.29. The van der Waals surface area contributed by atoms with Gasteiger partial charge in [0.15, 0.2) is 0 Å². The van der Waals surface area contributed by atoms with Gasteiger partial charge >= 0.3 is 0 Å². The number of amides is 1. The molecule has 2 aliphatic rings. The highest BCUT2D eigenvalue weighted by Crippen LogP contribution is 2.31. The smallest absolute Gasteiger partial charge is 0.251 e. The zero-order valence-electron chi connectivity index (χ0n) is 18.4. The molecule has 2 saturated heterocycles. The van der Waals surface area contributed by atoms with E-state index in [9.17, 15) is 4.79 Å². The van der Waals surface area contributed by atoms with Crippen LogP contribution in [0.5, 0.6) is 5.75 Å². The molecule has 0 bridgehead atoms. The summed E-state index contributed by atoms with van der Waals surface area (Å²) in [6.45, 7) is 6.94. The van der Waals surface area contributed by atoms with Gasteiger partial charge in [-0.05, 0) is 49.7 Å². The van der Waals surface area contributed by atoms with Crippen LogP contribution in [-0.4, -0.2) is 68.8 Å². The molecule has 2 aromatic rings. The molecule has 0 spiro atoms. The van der Waals surface area contributed by atoms with Crippen molar-refractivity contribution in [3.8, 4) is 5.75 Å². The van der Waals surface area contributed by atoms with Gasteiger partial charge in [-0.15, -0.1) is 0 Å². The van der Waals surface area contributed by atoms with E-state index in [-0.39, 0.29) is 11.9 Å². The lowest BCUT2D eigenvalue weighted by Crippen LogP contribution is -2.37. The summed E-state index contributed by atoms with van der Waals surface area (Å²) in [6, 6.07) is 16.2. The molecule has 1 N–H and O–H groups in total. The molecule has 0 aromatic heterocycles. The molecule has 1 atom stereocenters. The van der Waals surface area contributed by atoms with Gasteiger partial charge in [-0.25, -0.2) is 0 Å². The monoisotopic (exact) mass is 423 g/mol. The molecule has 0 saturated carbocycles. The Morgan fingerprint density at radius 2 is 1.84 bits per heavy atom. The van der Waals surface area contributed by atoms with Crippen LogP contribution < -0.4 is 10.1 Å². The number of methoxy groups -OCH3 is 1. The van der Waals surface area contributed by atoms with Crippen LogP contribution in [0.4, 0.5) is 0 Å². The van der Waals surface area contributed by atoms with E-state index in [4.69, 9.17) is 9.47 Å². The number of para-hydroxylation sites is 1. The molecule has 31 heavy (non-hydrogen) atoms. The zero-order valence-corrected chi connectivity index (χ0v) is 18.4. The van der Waals surface area contributed by atoms with E-state index in [0.29, 0.717) is 12.1 Å². The van der Waals surface area contributed by atoms with Crippen LogP contribution in [0.15, 0.2) is 48.5 Å². The maximum Gasteiger partial charge on any atom is 0.251 e. The molecule has 0 radical (unpaired) electrons. The van der Waals surface area contributed by atoms with Crippen LogP contribution >= 0.6 is 0 Å². The number of hydrogen-bond donors (Lipinski definition) is 1. The molecule has 6 heteroatoms. The number of benzene rings is 2. The van der Waals surface area contributed by atoms with Crippen LogP contribution in [0.25, 0.3) is 0 Å². The predicted molar refractivity (Wildman–Crippen MR) is 121 cm³/mol. The SMILES string of the molecule is COc1ccccc1C(CNC(=O)c1cccc(CN2CCOCC2)c1)N1CCCC1. The van der Waals surface area contributed by atoms with Crippen LogP contribution in [0, 0.1) is 0 Å². The van der Waals surface area contributed by atoms with Gasteiger partial charge in [-0.2, -0.15) is 0 Å². The summed E-state index contributed by atoms with van der Waals surface area (Å²) < 4.78 is 11.0. The summed E-state index contributed by atoms with van der Waals surface area (Å²) in [5.41, 5.74) is 3.01. The van der Waals surface area contributed by atoms with E-state index in [0.717, 1.165) is 62.8 Å². The number of carbonyl (C=O) groups excluding carboxylic acids is 1. The Bertz CT molecular complexity index is 861. The number of carbonyl (C=O) groups is 1. The van der Waals surface area contributed by atoms with Crippen molar-refractivity contribution in [3.63, 3.8) is 0 Å². The summed E-state index contributed by atoms with van der Waals surface area (Å²) in [5.74, 6) is 0.851. The Kier molecular flexibility index (Phi) is 7.57. The maximum absolute atomic E-state index is 13.0. The average Bonchev–Trinajstić information content (AvgIpc) is 3.35. The molecule has 0 aliphatic carbocycles. The van der Waals surface area contributed by atoms with Gasteiger partial charge in [-0.3, -0.25) is 14.6 Å². The minimum atomic E-state index is -0.0251. The minimum absolute atomic E-state index is 0.0251. The largest absolute Gasteiger partial charge is 0.496 e. The Morgan fingerprint density at radius 3 is 2.61 bits per heavy atom. The second kappa shape index (κ2) is 10.8. The number of rotatable bonds is 8. The van der Waals surface area contributed by atoms with Crippen molar-refractivity contribution < 1.29 is 14.3 Å². The highest BCUT2D eigenvalue weighted by atomic mass is 16.5. The molecule has 6 nitrogen and oxygen atoms in total. The molecule has 1 amide bonds. The summed E-state index contributed by atoms with van der Waals surface area (Å²) >= 11 is 0. The van der Waals surface area contributed by atoms with Gasteiger partial charge in [0.2, 0.25) is 0 Å². The van der Waals surface area contributed by atoms with E-state index < -0.39 is 0 Å². The third kappa shape index (κ3) is 5.64. The number of hydrogen-bond acceptors (Lipinski definition) is 5. The fourth-order valence-corrected chi connectivity index (χ4v) is 4.55. The number of nitrogens with zero attached hydrogens (tertiary/aromatic N) is 2. The first kappa shape index (κ1) is 21.8. The number of nitrogens with one attached hydrogen (secondary N) is 1. The molecule has 4 rings (SSSR count). The topological polar surface area (TPSA) is 54.0 Å². The molecule has 2 aliphatic heterocycles. The van der Waals surface area contributed by atoms with Crippen molar-refractivity contribution in [2.45, 2.75) is 25.4 Å². The zero-order chi connectivity index (χ0) is 21.5. The highest BCUT2D eigenvalue weighted by Gasteiger charge is 2.26. The lowest BCUT2D eigenvalue weighted by atomic mass is 10.0.